The van der Waals surface area contributed by atoms with Crippen LogP contribution in [0.1, 0.15) is 46.8 Å². The minimum absolute atomic E-state index is 0.0711. The number of nitrogens with zero attached hydrogens (tertiary/aromatic N) is 1. The molecule has 1 heterocycles. The average molecular weight is 394 g/mol. The highest BCUT2D eigenvalue weighted by Crippen LogP contribution is 2.22. The molecular weight excluding hydrogens is 362 g/mol. The smallest absolute Gasteiger partial charge is 0.253 e. The van der Waals surface area contributed by atoms with E-state index in [1.165, 1.54) is 5.56 Å². The number of benzene rings is 2. The highest BCUT2D eigenvalue weighted by molar-refractivity contribution is 5.96. The van der Waals surface area contributed by atoms with Crippen LogP contribution in [0.3, 0.4) is 0 Å². The highest BCUT2D eigenvalue weighted by Gasteiger charge is 2.21. The van der Waals surface area contributed by atoms with Gasteiger partial charge in [0.1, 0.15) is 0 Å². The van der Waals surface area contributed by atoms with Gasteiger partial charge < -0.3 is 15.5 Å². The fourth-order valence-corrected chi connectivity index (χ4v) is 3.92. The van der Waals surface area contributed by atoms with Crippen LogP contribution in [0.4, 0.5) is 11.4 Å². The van der Waals surface area contributed by atoms with E-state index in [-0.39, 0.29) is 18.4 Å². The number of hydrogen-bond acceptors (Lipinski definition) is 3. The molecule has 2 aromatic carbocycles. The number of aryl methyl sites for hydroxylation is 3. The molecule has 0 aliphatic carbocycles. The fraction of sp³-hybridized carbons (Fsp3) is 0.417. The summed E-state index contributed by atoms with van der Waals surface area (Å²) in [6.07, 6.45) is 2.12. The molecule has 1 saturated heterocycles. The maximum absolute atomic E-state index is 12.6. The molecule has 29 heavy (non-hydrogen) atoms. The van der Waals surface area contributed by atoms with Crippen LogP contribution >= 0.6 is 0 Å². The van der Waals surface area contributed by atoms with Gasteiger partial charge in [-0.05, 0) is 74.9 Å². The SMILES string of the molecule is Cc1cc(C)c(NCC(=O)Nc2ccc(C(=O)N3CCC(C)CC3)cc2)c(C)c1. The predicted molar refractivity (Wildman–Crippen MR) is 119 cm³/mol. The Hall–Kier alpha value is -2.82. The van der Waals surface area contributed by atoms with E-state index < -0.39 is 0 Å². The van der Waals surface area contributed by atoms with Crippen molar-refractivity contribution in [1.82, 2.24) is 4.90 Å². The first-order valence-corrected chi connectivity index (χ1v) is 10.3. The standard InChI is InChI=1S/C24H31N3O2/c1-16-9-11-27(12-10-16)24(29)20-5-7-21(8-6-20)26-22(28)15-25-23-18(3)13-17(2)14-19(23)4/h5-8,13-14,16,25H,9-12,15H2,1-4H3,(H,26,28). The van der Waals surface area contributed by atoms with Gasteiger partial charge in [-0.3, -0.25) is 9.59 Å². The normalized spacial score (nSPS) is 14.6. The van der Waals surface area contributed by atoms with Crippen LogP contribution in [-0.4, -0.2) is 36.3 Å². The molecule has 0 aromatic heterocycles. The van der Waals surface area contributed by atoms with E-state index >= 15 is 0 Å². The first kappa shape index (κ1) is 20.9. The minimum atomic E-state index is -0.117. The third-order valence-corrected chi connectivity index (χ3v) is 5.59. The van der Waals surface area contributed by atoms with Crippen molar-refractivity contribution >= 4 is 23.2 Å². The Balaban J connectivity index is 1.54. The van der Waals surface area contributed by atoms with Crippen LogP contribution in [0.25, 0.3) is 0 Å². The van der Waals surface area contributed by atoms with E-state index in [0.29, 0.717) is 17.2 Å². The summed E-state index contributed by atoms with van der Waals surface area (Å²) >= 11 is 0. The summed E-state index contributed by atoms with van der Waals surface area (Å²) in [5.74, 6) is 0.646. The molecule has 5 heteroatoms. The van der Waals surface area contributed by atoms with Gasteiger partial charge in [0.15, 0.2) is 0 Å². The largest absolute Gasteiger partial charge is 0.376 e. The summed E-state index contributed by atoms with van der Waals surface area (Å²) in [6.45, 7) is 10.2. The Morgan fingerprint density at radius 1 is 1.00 bits per heavy atom. The molecule has 1 aliphatic rings. The first-order chi connectivity index (χ1) is 13.8. The molecular formula is C24H31N3O2. The topological polar surface area (TPSA) is 61.4 Å². The molecule has 0 saturated carbocycles. The number of anilines is 2. The second kappa shape index (κ2) is 9.12. The molecule has 3 rings (SSSR count). The maximum Gasteiger partial charge on any atom is 0.253 e. The molecule has 2 aromatic rings. The van der Waals surface area contributed by atoms with Gasteiger partial charge in [-0.1, -0.05) is 24.6 Å². The lowest BCUT2D eigenvalue weighted by molar-refractivity contribution is -0.114. The lowest BCUT2D eigenvalue weighted by Gasteiger charge is -2.30. The maximum atomic E-state index is 12.6. The zero-order valence-electron chi connectivity index (χ0n) is 17.8. The lowest BCUT2D eigenvalue weighted by atomic mass is 9.98. The van der Waals surface area contributed by atoms with Crippen molar-refractivity contribution < 1.29 is 9.59 Å². The van der Waals surface area contributed by atoms with Gasteiger partial charge in [0, 0.05) is 30.0 Å². The Morgan fingerprint density at radius 2 is 1.59 bits per heavy atom. The van der Waals surface area contributed by atoms with E-state index in [2.05, 4.69) is 36.6 Å². The lowest BCUT2D eigenvalue weighted by Crippen LogP contribution is -2.37. The molecule has 2 amide bonds. The van der Waals surface area contributed by atoms with Gasteiger partial charge in [-0.2, -0.15) is 0 Å². The Morgan fingerprint density at radius 3 is 2.17 bits per heavy atom. The van der Waals surface area contributed by atoms with Crippen molar-refractivity contribution in [3.8, 4) is 0 Å². The third-order valence-electron chi connectivity index (χ3n) is 5.59. The van der Waals surface area contributed by atoms with E-state index in [0.717, 1.165) is 42.7 Å². The number of hydrogen-bond donors (Lipinski definition) is 2. The van der Waals surface area contributed by atoms with Gasteiger partial charge in [-0.15, -0.1) is 0 Å². The van der Waals surface area contributed by atoms with Crippen molar-refractivity contribution in [3.05, 3.63) is 58.7 Å². The number of carbonyl (C=O) groups is 2. The van der Waals surface area contributed by atoms with Crippen molar-refractivity contribution in [2.45, 2.75) is 40.5 Å². The molecule has 0 radical (unpaired) electrons. The van der Waals surface area contributed by atoms with Crippen LogP contribution in [-0.2, 0) is 4.79 Å². The Labute approximate surface area is 173 Å². The van der Waals surface area contributed by atoms with Crippen molar-refractivity contribution in [3.63, 3.8) is 0 Å². The van der Waals surface area contributed by atoms with Gasteiger partial charge in [0.25, 0.3) is 5.91 Å². The van der Waals surface area contributed by atoms with Gasteiger partial charge in [0.05, 0.1) is 6.54 Å². The average Bonchev–Trinajstić information content (AvgIpc) is 2.68. The first-order valence-electron chi connectivity index (χ1n) is 10.3. The molecule has 0 spiro atoms. The summed E-state index contributed by atoms with van der Waals surface area (Å²) < 4.78 is 0. The number of rotatable bonds is 5. The number of amides is 2. The molecule has 0 atom stereocenters. The van der Waals surface area contributed by atoms with Crippen molar-refractivity contribution in [2.75, 3.05) is 30.3 Å². The second-order valence-electron chi connectivity index (χ2n) is 8.23. The third kappa shape index (κ3) is 5.37. The van der Waals surface area contributed by atoms with E-state index in [9.17, 15) is 9.59 Å². The molecule has 5 nitrogen and oxygen atoms in total. The number of likely N-dealkylation sites (tertiary alicyclic amines) is 1. The Kier molecular flexibility index (Phi) is 6.57. The zero-order chi connectivity index (χ0) is 21.0. The quantitative estimate of drug-likeness (QED) is 0.784. The molecule has 1 fully saturated rings. The Bertz CT molecular complexity index is 858. The number of carbonyl (C=O) groups excluding carboxylic acids is 2. The van der Waals surface area contributed by atoms with E-state index in [1.807, 2.05) is 18.7 Å². The number of nitrogens with one attached hydrogen (secondary N) is 2. The van der Waals surface area contributed by atoms with Gasteiger partial charge in [-0.25, -0.2) is 0 Å². The van der Waals surface area contributed by atoms with Crippen LogP contribution < -0.4 is 10.6 Å². The fourth-order valence-electron chi connectivity index (χ4n) is 3.92. The van der Waals surface area contributed by atoms with Crippen LogP contribution in [0, 0.1) is 26.7 Å². The number of piperidine rings is 1. The van der Waals surface area contributed by atoms with Gasteiger partial charge >= 0.3 is 0 Å². The molecule has 154 valence electrons. The minimum Gasteiger partial charge on any atom is -0.376 e. The van der Waals surface area contributed by atoms with Crippen molar-refractivity contribution in [1.29, 1.82) is 0 Å². The summed E-state index contributed by atoms with van der Waals surface area (Å²) in [5, 5.41) is 6.12. The molecule has 0 unspecified atom stereocenters. The highest BCUT2D eigenvalue weighted by atomic mass is 16.2. The van der Waals surface area contributed by atoms with E-state index in [4.69, 9.17) is 0 Å². The van der Waals surface area contributed by atoms with E-state index in [1.54, 1.807) is 24.3 Å². The molecule has 1 aliphatic heterocycles. The van der Waals surface area contributed by atoms with Crippen LogP contribution in [0.15, 0.2) is 36.4 Å². The van der Waals surface area contributed by atoms with Crippen LogP contribution in [0.2, 0.25) is 0 Å². The zero-order valence-corrected chi connectivity index (χ0v) is 17.8. The molecule has 0 bridgehead atoms. The summed E-state index contributed by atoms with van der Waals surface area (Å²) in [7, 11) is 0. The van der Waals surface area contributed by atoms with Crippen LogP contribution in [0.5, 0.6) is 0 Å². The summed E-state index contributed by atoms with van der Waals surface area (Å²) in [5.41, 5.74) is 5.83. The monoisotopic (exact) mass is 393 g/mol. The summed E-state index contributed by atoms with van der Waals surface area (Å²) in [4.78, 5) is 26.9. The van der Waals surface area contributed by atoms with Crippen molar-refractivity contribution in [2.24, 2.45) is 5.92 Å². The summed E-state index contributed by atoms with van der Waals surface area (Å²) in [6, 6.07) is 11.4. The predicted octanol–water partition coefficient (Wildman–Crippen LogP) is 4.53. The second-order valence-corrected chi connectivity index (χ2v) is 8.23. The van der Waals surface area contributed by atoms with Gasteiger partial charge in [0.2, 0.25) is 5.91 Å². The molecule has 2 N–H and O–H groups in total.